The molecule has 0 aromatic heterocycles. The number of dihydropyridines is 1. The van der Waals surface area contributed by atoms with Crippen molar-refractivity contribution in [2.75, 3.05) is 33.4 Å². The standard InChI is InChI=1S/C13H9IN4S.C5H11NO/c14-10-4-2-1-3-7(10)11-8(5-15)12(17)18-13(19)9(11)6-16;1-6-2-4-7-5-3-6/h1-4,13,18-19H,17H2;2-5H2,1H3. The monoisotopic (exact) mass is 481 g/mol. The molecule has 1 saturated heterocycles. The Balaban J connectivity index is 0.000000290. The fraction of sp³-hybridized carbons (Fsp3) is 0.333. The number of ether oxygens (including phenoxy) is 1. The first kappa shape index (κ1) is 20.6. The van der Waals surface area contributed by atoms with Crippen LogP contribution in [0.5, 0.6) is 0 Å². The number of benzene rings is 1. The van der Waals surface area contributed by atoms with Crippen LogP contribution < -0.4 is 16.0 Å². The number of morpholine rings is 1. The van der Waals surface area contributed by atoms with E-state index in [0.717, 1.165) is 22.3 Å². The molecular formula is C18H20IN5OS. The van der Waals surface area contributed by atoms with Crippen molar-refractivity contribution in [2.24, 2.45) is 5.73 Å². The maximum atomic E-state index is 9.29. The first-order valence-corrected chi connectivity index (χ1v) is 9.65. The summed E-state index contributed by atoms with van der Waals surface area (Å²) < 4.78 is 6.06. The molecular weight excluding hydrogens is 461 g/mol. The van der Waals surface area contributed by atoms with Gasteiger partial charge in [-0.25, -0.2) is 0 Å². The predicted octanol–water partition coefficient (Wildman–Crippen LogP) is 0.270. The molecule has 0 spiro atoms. The molecule has 2 heterocycles. The van der Waals surface area contributed by atoms with Gasteiger partial charge in [0, 0.05) is 14.7 Å². The molecule has 8 heteroatoms. The van der Waals surface area contributed by atoms with E-state index in [1.807, 2.05) is 30.3 Å². The lowest BCUT2D eigenvalue weighted by Gasteiger charge is -2.32. The van der Waals surface area contributed by atoms with Gasteiger partial charge in [0.05, 0.1) is 26.3 Å². The number of nitriles is 2. The highest BCUT2D eigenvalue weighted by molar-refractivity contribution is 14.1. The highest BCUT2D eigenvalue weighted by Crippen LogP contribution is 2.34. The molecule has 1 fully saturated rings. The molecule has 26 heavy (non-hydrogen) atoms. The number of hydrogen-bond donors (Lipinski definition) is 3. The fourth-order valence-electron chi connectivity index (χ4n) is 2.58. The van der Waals surface area contributed by atoms with Crippen LogP contribution in [0.3, 0.4) is 0 Å². The Bertz CT molecular complexity index is 803. The molecule has 136 valence electrons. The Kier molecular flexibility index (Phi) is 7.79. The lowest BCUT2D eigenvalue weighted by molar-refractivity contribution is -0.888. The second-order valence-corrected chi connectivity index (χ2v) is 7.51. The van der Waals surface area contributed by atoms with Crippen molar-refractivity contribution in [3.05, 3.63) is 50.4 Å². The number of quaternary nitrogens is 1. The number of nitrogens with zero attached hydrogens (tertiary/aromatic N) is 2. The van der Waals surface area contributed by atoms with Gasteiger partial charge in [-0.05, 0) is 34.2 Å². The topological polar surface area (TPSA) is 99.3 Å². The van der Waals surface area contributed by atoms with Crippen molar-refractivity contribution in [2.45, 2.75) is 5.37 Å². The van der Waals surface area contributed by atoms with E-state index in [2.05, 4.69) is 41.0 Å². The van der Waals surface area contributed by atoms with E-state index in [-0.39, 0.29) is 11.4 Å². The van der Waals surface area contributed by atoms with Crippen molar-refractivity contribution in [3.8, 4) is 12.1 Å². The molecule has 0 amide bonds. The summed E-state index contributed by atoms with van der Waals surface area (Å²) in [6.45, 7) is 4.26. The summed E-state index contributed by atoms with van der Waals surface area (Å²) in [4.78, 5) is 1.59. The third kappa shape index (κ3) is 4.92. The van der Waals surface area contributed by atoms with Gasteiger partial charge in [-0.3, -0.25) is 0 Å². The molecule has 4 N–H and O–H groups in total. The predicted molar refractivity (Wildman–Crippen MR) is 110 cm³/mol. The van der Waals surface area contributed by atoms with Gasteiger partial charge in [0.1, 0.15) is 30.6 Å². The van der Waals surface area contributed by atoms with Crippen LogP contribution in [0.4, 0.5) is 0 Å². The highest BCUT2D eigenvalue weighted by atomic mass is 127. The zero-order chi connectivity index (χ0) is 19.1. The summed E-state index contributed by atoms with van der Waals surface area (Å²) in [7, 11) is 2.20. The molecule has 0 saturated carbocycles. The van der Waals surface area contributed by atoms with Crippen LogP contribution in [0.1, 0.15) is 5.56 Å². The first-order chi connectivity index (χ1) is 12.5. The average molecular weight is 481 g/mol. The number of halogens is 1. The van der Waals surface area contributed by atoms with E-state index in [1.54, 1.807) is 4.90 Å². The lowest BCUT2D eigenvalue weighted by Crippen LogP contribution is -3.11. The molecule has 3 rings (SSSR count). The maximum absolute atomic E-state index is 9.29. The molecule has 1 unspecified atom stereocenters. The van der Waals surface area contributed by atoms with Crippen molar-refractivity contribution >= 4 is 40.8 Å². The van der Waals surface area contributed by atoms with E-state index in [9.17, 15) is 10.5 Å². The van der Waals surface area contributed by atoms with E-state index in [1.165, 1.54) is 13.1 Å². The summed E-state index contributed by atoms with van der Waals surface area (Å²) in [5.74, 6) is 0.219. The fourth-order valence-corrected chi connectivity index (χ4v) is 3.53. The molecule has 6 nitrogen and oxygen atoms in total. The molecule has 2 aliphatic heterocycles. The summed E-state index contributed by atoms with van der Waals surface area (Å²) in [5, 5.41) is 20.7. The largest absolute Gasteiger partial charge is 0.763 e. The summed E-state index contributed by atoms with van der Waals surface area (Å²) in [6.07, 6.45) is 0. The number of nitrogens with two attached hydrogens (primary N) is 1. The Morgan fingerprint density at radius 2 is 1.92 bits per heavy atom. The van der Waals surface area contributed by atoms with Crippen LogP contribution in [0, 0.1) is 26.2 Å². The van der Waals surface area contributed by atoms with Gasteiger partial charge in [-0.1, -0.05) is 23.6 Å². The van der Waals surface area contributed by atoms with Gasteiger partial charge in [0.25, 0.3) is 0 Å². The minimum absolute atomic E-state index is 0.219. The number of hydrogen-bond acceptors (Lipinski definition) is 6. The molecule has 1 aromatic rings. The third-order valence-corrected chi connectivity index (χ3v) is 5.35. The van der Waals surface area contributed by atoms with Crippen molar-refractivity contribution < 1.29 is 9.64 Å². The average Bonchev–Trinajstić information content (AvgIpc) is 2.63. The third-order valence-electron chi connectivity index (χ3n) is 4.06. The van der Waals surface area contributed by atoms with Crippen molar-refractivity contribution in [1.82, 2.24) is 5.32 Å². The molecule has 0 aliphatic carbocycles. The van der Waals surface area contributed by atoms with Gasteiger partial charge >= 0.3 is 0 Å². The van der Waals surface area contributed by atoms with Gasteiger partial charge in [-0.15, -0.1) is 0 Å². The van der Waals surface area contributed by atoms with Gasteiger partial charge < -0.3 is 33.3 Å². The first-order valence-electron chi connectivity index (χ1n) is 8.10. The second-order valence-electron chi connectivity index (χ2n) is 5.87. The Morgan fingerprint density at radius 1 is 1.27 bits per heavy atom. The lowest BCUT2D eigenvalue weighted by atomic mass is 9.91. The summed E-state index contributed by atoms with van der Waals surface area (Å²) >= 11 is 7.35. The molecule has 1 atom stereocenters. The van der Waals surface area contributed by atoms with Crippen LogP contribution in [0.15, 0.2) is 41.2 Å². The van der Waals surface area contributed by atoms with Crippen LogP contribution in [0.2, 0.25) is 0 Å². The molecule has 0 radical (unpaired) electrons. The van der Waals surface area contributed by atoms with E-state index in [0.29, 0.717) is 11.1 Å². The van der Waals surface area contributed by atoms with Crippen LogP contribution in [-0.2, 0) is 17.4 Å². The molecule has 0 bridgehead atoms. The summed E-state index contributed by atoms with van der Waals surface area (Å²) in [5.41, 5.74) is 7.76. The van der Waals surface area contributed by atoms with Crippen LogP contribution in [-0.4, -0.2) is 38.7 Å². The normalized spacial score (nSPS) is 20.4. The Labute approximate surface area is 172 Å². The van der Waals surface area contributed by atoms with E-state index >= 15 is 0 Å². The quantitative estimate of drug-likeness (QED) is 0.394. The molecule has 2 aliphatic rings. The molecule has 1 aromatic carbocycles. The second kappa shape index (κ2) is 9.83. The maximum Gasteiger partial charge on any atom is 0.114 e. The van der Waals surface area contributed by atoms with E-state index < -0.39 is 5.37 Å². The number of likely N-dealkylation sites (N-methyl/N-ethyl adjacent to an activating group) is 1. The number of nitrogens with one attached hydrogen (secondary N) is 2. The van der Waals surface area contributed by atoms with Crippen molar-refractivity contribution in [1.29, 1.82) is 10.5 Å². The highest BCUT2D eigenvalue weighted by Gasteiger charge is 2.24. The Hall–Kier alpha value is -1.72. The smallest absolute Gasteiger partial charge is 0.114 e. The Morgan fingerprint density at radius 3 is 2.42 bits per heavy atom. The van der Waals surface area contributed by atoms with Crippen molar-refractivity contribution in [3.63, 3.8) is 0 Å². The zero-order valence-corrected chi connectivity index (χ0v) is 17.4. The summed E-state index contributed by atoms with van der Waals surface area (Å²) in [6, 6.07) is 11.6. The van der Waals surface area contributed by atoms with Gasteiger partial charge in [0.2, 0.25) is 0 Å². The zero-order valence-electron chi connectivity index (χ0n) is 14.4. The van der Waals surface area contributed by atoms with Gasteiger partial charge in [-0.2, -0.15) is 10.5 Å². The number of allylic oxidation sites excluding steroid dienone is 2. The van der Waals surface area contributed by atoms with E-state index in [4.69, 9.17) is 23.1 Å². The SMILES string of the molecule is C[NH+]1CCOCC1.N#CC1=C(N)NC([S-])C(C#N)=C1c1ccccc1I. The minimum atomic E-state index is -0.617. The van der Waals surface area contributed by atoms with Crippen LogP contribution >= 0.6 is 22.6 Å². The minimum Gasteiger partial charge on any atom is -0.763 e. The van der Waals surface area contributed by atoms with Crippen LogP contribution in [0.25, 0.3) is 5.57 Å². The number of rotatable bonds is 1. The van der Waals surface area contributed by atoms with Gasteiger partial charge in [0.15, 0.2) is 0 Å².